The first-order valence-corrected chi connectivity index (χ1v) is 7.89. The van der Waals surface area contributed by atoms with Crippen LogP contribution in [0.15, 0.2) is 12.3 Å². The van der Waals surface area contributed by atoms with Crippen LogP contribution in [0.4, 0.5) is 0 Å². The summed E-state index contributed by atoms with van der Waals surface area (Å²) in [4.78, 5) is 0. The fourth-order valence-corrected chi connectivity index (χ4v) is 3.20. The van der Waals surface area contributed by atoms with E-state index in [1.165, 1.54) is 25.7 Å². The molecule has 0 spiro atoms. The fraction of sp³-hybridized carbons (Fsp3) is 0.812. The smallest absolute Gasteiger partial charge is 0.0640 e. The molecule has 0 bridgehead atoms. The van der Waals surface area contributed by atoms with E-state index in [1.54, 1.807) is 0 Å². The van der Waals surface area contributed by atoms with Gasteiger partial charge in [0.05, 0.1) is 5.69 Å². The van der Waals surface area contributed by atoms with E-state index in [2.05, 4.69) is 42.8 Å². The molecule has 19 heavy (non-hydrogen) atoms. The van der Waals surface area contributed by atoms with Crippen LogP contribution in [0.2, 0.25) is 0 Å². The van der Waals surface area contributed by atoms with E-state index < -0.39 is 0 Å². The summed E-state index contributed by atoms with van der Waals surface area (Å²) >= 11 is 0. The van der Waals surface area contributed by atoms with Gasteiger partial charge in [-0.05, 0) is 44.1 Å². The summed E-state index contributed by atoms with van der Waals surface area (Å²) in [6.07, 6.45) is 9.48. The van der Waals surface area contributed by atoms with Gasteiger partial charge >= 0.3 is 0 Å². The first-order chi connectivity index (χ1) is 9.10. The number of nitrogens with zero attached hydrogens (tertiary/aromatic N) is 2. The fourth-order valence-electron chi connectivity index (χ4n) is 3.20. The van der Waals surface area contributed by atoms with Gasteiger partial charge in [0.15, 0.2) is 0 Å². The Bertz CT molecular complexity index is 385. The van der Waals surface area contributed by atoms with Crippen LogP contribution in [0.1, 0.15) is 64.6 Å². The third-order valence-electron chi connectivity index (χ3n) is 4.73. The molecule has 3 heteroatoms. The normalized spacial score (nSPS) is 27.2. The second-order valence-corrected chi connectivity index (χ2v) is 6.44. The highest BCUT2D eigenvalue weighted by molar-refractivity contribution is 5.03. The van der Waals surface area contributed by atoms with Crippen molar-refractivity contribution < 1.29 is 0 Å². The SMILES string of the molecule is CCC(C)n1ccc(CC(N)C2CCCC(C)C2)n1. The van der Waals surface area contributed by atoms with Crippen LogP contribution in [0, 0.1) is 11.8 Å². The lowest BCUT2D eigenvalue weighted by molar-refractivity contribution is 0.244. The van der Waals surface area contributed by atoms with Gasteiger partial charge in [0, 0.05) is 24.7 Å². The lowest BCUT2D eigenvalue weighted by atomic mass is 9.78. The third kappa shape index (κ3) is 3.82. The van der Waals surface area contributed by atoms with Crippen molar-refractivity contribution in [3.63, 3.8) is 0 Å². The molecule has 1 fully saturated rings. The summed E-state index contributed by atoms with van der Waals surface area (Å²) in [6.45, 7) is 6.76. The molecule has 108 valence electrons. The summed E-state index contributed by atoms with van der Waals surface area (Å²) < 4.78 is 2.07. The molecule has 2 rings (SSSR count). The monoisotopic (exact) mass is 263 g/mol. The highest BCUT2D eigenvalue weighted by Crippen LogP contribution is 2.31. The molecule has 2 N–H and O–H groups in total. The average molecular weight is 263 g/mol. The molecule has 0 aromatic carbocycles. The predicted molar refractivity (Wildman–Crippen MR) is 80.0 cm³/mol. The first-order valence-electron chi connectivity index (χ1n) is 7.89. The maximum absolute atomic E-state index is 6.41. The van der Waals surface area contributed by atoms with Crippen molar-refractivity contribution in [2.45, 2.75) is 71.4 Å². The van der Waals surface area contributed by atoms with Gasteiger partial charge in [-0.2, -0.15) is 5.10 Å². The van der Waals surface area contributed by atoms with Crippen LogP contribution in [-0.2, 0) is 6.42 Å². The molecule has 0 radical (unpaired) electrons. The quantitative estimate of drug-likeness (QED) is 0.883. The van der Waals surface area contributed by atoms with Crippen molar-refractivity contribution in [2.75, 3.05) is 0 Å². The Morgan fingerprint density at radius 1 is 1.47 bits per heavy atom. The number of rotatable bonds is 5. The minimum atomic E-state index is 0.281. The van der Waals surface area contributed by atoms with Crippen LogP contribution in [0.3, 0.4) is 0 Å². The van der Waals surface area contributed by atoms with Crippen LogP contribution in [0.5, 0.6) is 0 Å². The van der Waals surface area contributed by atoms with E-state index in [0.29, 0.717) is 12.0 Å². The molecule has 1 aliphatic carbocycles. The van der Waals surface area contributed by atoms with Crippen molar-refractivity contribution in [1.29, 1.82) is 0 Å². The molecule has 0 amide bonds. The second kappa shape index (κ2) is 6.56. The maximum atomic E-state index is 6.41. The molecule has 1 saturated carbocycles. The van der Waals surface area contributed by atoms with Gasteiger partial charge in [0.1, 0.15) is 0 Å². The summed E-state index contributed by atoms with van der Waals surface area (Å²) in [5, 5.41) is 4.67. The van der Waals surface area contributed by atoms with E-state index in [0.717, 1.165) is 24.5 Å². The second-order valence-electron chi connectivity index (χ2n) is 6.44. The standard InChI is InChI=1S/C16H29N3/c1-4-13(3)19-9-8-15(18-19)11-16(17)14-7-5-6-12(2)10-14/h8-9,12-14,16H,4-7,10-11,17H2,1-3H3. The van der Waals surface area contributed by atoms with Crippen LogP contribution < -0.4 is 5.73 Å². The van der Waals surface area contributed by atoms with Crippen LogP contribution in [0.25, 0.3) is 0 Å². The molecule has 1 aliphatic rings. The summed E-state index contributed by atoms with van der Waals surface area (Å²) in [6, 6.07) is 2.90. The molecular formula is C16H29N3. The summed E-state index contributed by atoms with van der Waals surface area (Å²) in [5.41, 5.74) is 7.57. The van der Waals surface area contributed by atoms with E-state index in [4.69, 9.17) is 5.73 Å². The molecule has 1 aromatic rings. The average Bonchev–Trinajstić information content (AvgIpc) is 2.86. The van der Waals surface area contributed by atoms with Gasteiger partial charge in [0.25, 0.3) is 0 Å². The Morgan fingerprint density at radius 2 is 2.26 bits per heavy atom. The molecule has 4 unspecified atom stereocenters. The minimum absolute atomic E-state index is 0.281. The molecular weight excluding hydrogens is 234 g/mol. The Morgan fingerprint density at radius 3 is 2.95 bits per heavy atom. The number of aromatic nitrogens is 2. The largest absolute Gasteiger partial charge is 0.327 e. The highest BCUT2D eigenvalue weighted by atomic mass is 15.3. The van der Waals surface area contributed by atoms with E-state index in [-0.39, 0.29) is 6.04 Å². The van der Waals surface area contributed by atoms with Gasteiger partial charge in [-0.3, -0.25) is 4.68 Å². The number of hydrogen-bond acceptors (Lipinski definition) is 2. The Labute approximate surface area is 117 Å². The molecule has 3 nitrogen and oxygen atoms in total. The minimum Gasteiger partial charge on any atom is -0.327 e. The molecule has 1 heterocycles. The lowest BCUT2D eigenvalue weighted by Gasteiger charge is -2.30. The topological polar surface area (TPSA) is 43.8 Å². The van der Waals surface area contributed by atoms with Crippen molar-refractivity contribution in [3.05, 3.63) is 18.0 Å². The van der Waals surface area contributed by atoms with Gasteiger partial charge in [-0.1, -0.05) is 26.7 Å². The van der Waals surface area contributed by atoms with E-state index >= 15 is 0 Å². The molecule has 1 aromatic heterocycles. The maximum Gasteiger partial charge on any atom is 0.0640 e. The Balaban J connectivity index is 1.91. The lowest BCUT2D eigenvalue weighted by Crippen LogP contribution is -2.35. The third-order valence-corrected chi connectivity index (χ3v) is 4.73. The molecule has 0 saturated heterocycles. The van der Waals surface area contributed by atoms with Crippen molar-refractivity contribution in [3.8, 4) is 0 Å². The van der Waals surface area contributed by atoms with Gasteiger partial charge in [0.2, 0.25) is 0 Å². The molecule has 0 aliphatic heterocycles. The number of hydrogen-bond donors (Lipinski definition) is 1. The van der Waals surface area contributed by atoms with Gasteiger partial charge in [-0.15, -0.1) is 0 Å². The molecule has 4 atom stereocenters. The van der Waals surface area contributed by atoms with Gasteiger partial charge < -0.3 is 5.73 Å². The predicted octanol–water partition coefficient (Wildman–Crippen LogP) is 3.55. The Hall–Kier alpha value is -0.830. The van der Waals surface area contributed by atoms with Crippen LogP contribution in [-0.4, -0.2) is 15.8 Å². The highest BCUT2D eigenvalue weighted by Gasteiger charge is 2.24. The zero-order chi connectivity index (χ0) is 13.8. The van der Waals surface area contributed by atoms with Crippen molar-refractivity contribution >= 4 is 0 Å². The van der Waals surface area contributed by atoms with E-state index in [9.17, 15) is 0 Å². The summed E-state index contributed by atoms with van der Waals surface area (Å²) in [7, 11) is 0. The Kier molecular flexibility index (Phi) is 5.03. The zero-order valence-corrected chi connectivity index (χ0v) is 12.7. The number of nitrogens with two attached hydrogens (primary N) is 1. The van der Waals surface area contributed by atoms with Crippen LogP contribution >= 0.6 is 0 Å². The van der Waals surface area contributed by atoms with Crippen molar-refractivity contribution in [2.24, 2.45) is 17.6 Å². The first kappa shape index (κ1) is 14.6. The van der Waals surface area contributed by atoms with E-state index in [1.807, 2.05) is 0 Å². The van der Waals surface area contributed by atoms with Crippen molar-refractivity contribution in [1.82, 2.24) is 9.78 Å². The van der Waals surface area contributed by atoms with Gasteiger partial charge in [-0.25, -0.2) is 0 Å². The zero-order valence-electron chi connectivity index (χ0n) is 12.7. The summed E-state index contributed by atoms with van der Waals surface area (Å²) in [5.74, 6) is 1.54.